The van der Waals surface area contributed by atoms with Crippen molar-refractivity contribution < 1.29 is 9.59 Å². The van der Waals surface area contributed by atoms with Gasteiger partial charge in [-0.1, -0.05) is 0 Å². The molecule has 7 heteroatoms. The number of fused-ring (bicyclic) bond motifs is 1. The molecule has 0 fully saturated rings. The number of carbonyl (C=O) groups is 2. The predicted octanol–water partition coefficient (Wildman–Crippen LogP) is 3.53. The number of aryl methyl sites for hydroxylation is 1. The zero-order valence-corrected chi connectivity index (χ0v) is 15.2. The highest BCUT2D eigenvalue weighted by Gasteiger charge is 2.15. The Hall–Kier alpha value is -3.22. The minimum atomic E-state index is -0.235. The number of pyridine rings is 1. The van der Waals surface area contributed by atoms with Crippen LogP contribution in [0.15, 0.2) is 36.5 Å². The fourth-order valence-electron chi connectivity index (χ4n) is 2.71. The van der Waals surface area contributed by atoms with Crippen molar-refractivity contribution in [3.63, 3.8) is 0 Å². The summed E-state index contributed by atoms with van der Waals surface area (Å²) < 4.78 is 1.84. The van der Waals surface area contributed by atoms with Crippen LogP contribution in [0.1, 0.15) is 42.9 Å². The molecule has 3 rings (SSSR count). The smallest absolute Gasteiger partial charge is 0.257 e. The molecule has 3 aromatic rings. The Kier molecular flexibility index (Phi) is 4.71. The fraction of sp³-hybridized carbons (Fsp3) is 0.263. The van der Waals surface area contributed by atoms with Gasteiger partial charge in [-0.15, -0.1) is 0 Å². The lowest BCUT2D eigenvalue weighted by atomic mass is 10.1. The first kappa shape index (κ1) is 17.6. The summed E-state index contributed by atoms with van der Waals surface area (Å²) in [6.45, 7) is 7.33. The first-order chi connectivity index (χ1) is 12.3. The van der Waals surface area contributed by atoms with Crippen molar-refractivity contribution in [1.82, 2.24) is 14.8 Å². The molecule has 0 aliphatic heterocycles. The number of hydrogen-bond acceptors (Lipinski definition) is 4. The van der Waals surface area contributed by atoms with Crippen LogP contribution in [0.4, 0.5) is 11.4 Å². The fourth-order valence-corrected chi connectivity index (χ4v) is 2.71. The minimum absolute atomic E-state index is 0.140. The first-order valence-corrected chi connectivity index (χ1v) is 8.39. The quantitative estimate of drug-likeness (QED) is 0.752. The van der Waals surface area contributed by atoms with Gasteiger partial charge in [-0.25, -0.2) is 9.67 Å². The van der Waals surface area contributed by atoms with Crippen LogP contribution in [0.3, 0.4) is 0 Å². The second kappa shape index (κ2) is 6.95. The summed E-state index contributed by atoms with van der Waals surface area (Å²) in [7, 11) is 0. The van der Waals surface area contributed by atoms with Gasteiger partial charge in [0.15, 0.2) is 5.65 Å². The number of aromatic nitrogens is 3. The predicted molar refractivity (Wildman–Crippen MR) is 101 cm³/mol. The lowest BCUT2D eigenvalue weighted by Crippen LogP contribution is -2.15. The molecule has 0 aliphatic carbocycles. The number of carbonyl (C=O) groups excluding carboxylic acids is 2. The summed E-state index contributed by atoms with van der Waals surface area (Å²) in [5.41, 5.74) is 3.24. The van der Waals surface area contributed by atoms with Crippen molar-refractivity contribution in [2.45, 2.75) is 33.7 Å². The summed E-state index contributed by atoms with van der Waals surface area (Å²) >= 11 is 0. The summed E-state index contributed by atoms with van der Waals surface area (Å²) in [6.07, 6.45) is 1.72. The molecule has 2 heterocycles. The van der Waals surface area contributed by atoms with Crippen molar-refractivity contribution in [2.75, 3.05) is 10.6 Å². The Labute approximate surface area is 151 Å². The van der Waals surface area contributed by atoms with Crippen molar-refractivity contribution in [2.24, 2.45) is 0 Å². The second-order valence-electron chi connectivity index (χ2n) is 6.43. The normalized spacial score (nSPS) is 11.0. The van der Waals surface area contributed by atoms with E-state index >= 15 is 0 Å². The maximum absolute atomic E-state index is 12.6. The standard InChI is InChI=1S/C19H21N5O2/c1-11(2)24-18-14(10-20-24)9-17(12(3)21-18)19(26)23-16-7-5-15(6-8-16)22-13(4)25/h5-11H,1-4H3,(H,22,25)(H,23,26). The van der Waals surface area contributed by atoms with E-state index in [0.717, 1.165) is 11.0 Å². The zero-order chi connectivity index (χ0) is 18.8. The highest BCUT2D eigenvalue weighted by atomic mass is 16.2. The van der Waals surface area contributed by atoms with Gasteiger partial charge in [0, 0.05) is 29.7 Å². The van der Waals surface area contributed by atoms with Gasteiger partial charge >= 0.3 is 0 Å². The second-order valence-corrected chi connectivity index (χ2v) is 6.43. The summed E-state index contributed by atoms with van der Waals surface area (Å²) in [5, 5.41) is 10.7. The molecule has 1 aromatic carbocycles. The van der Waals surface area contributed by atoms with Crippen LogP contribution in [-0.4, -0.2) is 26.6 Å². The SMILES string of the molecule is CC(=O)Nc1ccc(NC(=O)c2cc3cnn(C(C)C)c3nc2C)cc1. The molecule has 0 spiro atoms. The van der Waals surface area contributed by atoms with E-state index in [0.29, 0.717) is 22.6 Å². The minimum Gasteiger partial charge on any atom is -0.326 e. The zero-order valence-electron chi connectivity index (χ0n) is 15.2. The van der Waals surface area contributed by atoms with Crippen molar-refractivity contribution in [1.29, 1.82) is 0 Å². The van der Waals surface area contributed by atoms with E-state index in [1.807, 2.05) is 31.5 Å². The third kappa shape index (κ3) is 3.56. The Bertz CT molecular complexity index is 974. The van der Waals surface area contributed by atoms with E-state index in [1.54, 1.807) is 30.5 Å². The average Bonchev–Trinajstić information content (AvgIpc) is 2.98. The number of rotatable bonds is 4. The van der Waals surface area contributed by atoms with Crippen molar-refractivity contribution in [3.05, 3.63) is 47.8 Å². The molecular weight excluding hydrogens is 330 g/mol. The average molecular weight is 351 g/mol. The molecule has 0 unspecified atom stereocenters. The molecule has 2 N–H and O–H groups in total. The lowest BCUT2D eigenvalue weighted by Gasteiger charge is -2.10. The van der Waals surface area contributed by atoms with Crippen LogP contribution in [0, 0.1) is 6.92 Å². The van der Waals surface area contributed by atoms with E-state index in [-0.39, 0.29) is 17.9 Å². The van der Waals surface area contributed by atoms with E-state index in [9.17, 15) is 9.59 Å². The van der Waals surface area contributed by atoms with Gasteiger partial charge in [0.2, 0.25) is 5.91 Å². The molecule has 0 bridgehead atoms. The Morgan fingerprint density at radius 3 is 2.27 bits per heavy atom. The molecular formula is C19H21N5O2. The maximum atomic E-state index is 12.6. The Morgan fingerprint density at radius 1 is 1.08 bits per heavy atom. The molecule has 2 aromatic heterocycles. The number of nitrogens with one attached hydrogen (secondary N) is 2. The highest BCUT2D eigenvalue weighted by molar-refractivity contribution is 6.06. The highest BCUT2D eigenvalue weighted by Crippen LogP contribution is 2.21. The lowest BCUT2D eigenvalue weighted by molar-refractivity contribution is -0.114. The molecule has 0 aliphatic rings. The third-order valence-electron chi connectivity index (χ3n) is 3.96. The van der Waals surface area contributed by atoms with E-state index in [4.69, 9.17) is 0 Å². The molecule has 0 saturated heterocycles. The molecule has 0 radical (unpaired) electrons. The van der Waals surface area contributed by atoms with Gasteiger partial charge in [-0.05, 0) is 51.1 Å². The van der Waals surface area contributed by atoms with Gasteiger partial charge in [0.05, 0.1) is 17.5 Å². The van der Waals surface area contributed by atoms with Crippen molar-refractivity contribution >= 4 is 34.2 Å². The van der Waals surface area contributed by atoms with E-state index in [2.05, 4.69) is 20.7 Å². The number of anilines is 2. The molecule has 7 nitrogen and oxygen atoms in total. The summed E-state index contributed by atoms with van der Waals surface area (Å²) in [4.78, 5) is 28.2. The van der Waals surface area contributed by atoms with Gasteiger partial charge < -0.3 is 10.6 Å². The van der Waals surface area contributed by atoms with Gasteiger partial charge in [-0.3, -0.25) is 9.59 Å². The molecule has 26 heavy (non-hydrogen) atoms. The number of nitrogens with zero attached hydrogens (tertiary/aromatic N) is 3. The molecule has 134 valence electrons. The van der Waals surface area contributed by atoms with Crippen LogP contribution in [0.5, 0.6) is 0 Å². The van der Waals surface area contributed by atoms with Gasteiger partial charge in [-0.2, -0.15) is 5.10 Å². The third-order valence-corrected chi connectivity index (χ3v) is 3.96. The van der Waals surface area contributed by atoms with Crippen LogP contribution in [0.2, 0.25) is 0 Å². The first-order valence-electron chi connectivity index (χ1n) is 8.39. The molecule has 0 saturated carbocycles. The number of amides is 2. The maximum Gasteiger partial charge on any atom is 0.257 e. The van der Waals surface area contributed by atoms with Crippen LogP contribution >= 0.6 is 0 Å². The largest absolute Gasteiger partial charge is 0.326 e. The van der Waals surface area contributed by atoms with Gasteiger partial charge in [0.25, 0.3) is 5.91 Å². The van der Waals surface area contributed by atoms with Crippen LogP contribution in [-0.2, 0) is 4.79 Å². The van der Waals surface area contributed by atoms with Crippen LogP contribution < -0.4 is 10.6 Å². The Morgan fingerprint density at radius 2 is 1.69 bits per heavy atom. The van der Waals surface area contributed by atoms with Crippen molar-refractivity contribution in [3.8, 4) is 0 Å². The van der Waals surface area contributed by atoms with E-state index < -0.39 is 0 Å². The van der Waals surface area contributed by atoms with Gasteiger partial charge in [0.1, 0.15) is 0 Å². The molecule has 0 atom stereocenters. The summed E-state index contributed by atoms with van der Waals surface area (Å²) in [5.74, 6) is -0.375. The molecule has 2 amide bonds. The van der Waals surface area contributed by atoms with E-state index in [1.165, 1.54) is 6.92 Å². The van der Waals surface area contributed by atoms with Crippen LogP contribution in [0.25, 0.3) is 11.0 Å². The summed E-state index contributed by atoms with van der Waals surface area (Å²) in [6, 6.07) is 8.95. The monoisotopic (exact) mass is 351 g/mol. The topological polar surface area (TPSA) is 88.9 Å². The Balaban J connectivity index is 1.83. The number of benzene rings is 1. The number of hydrogen-bond donors (Lipinski definition) is 2.